The van der Waals surface area contributed by atoms with Gasteiger partial charge in [-0.2, -0.15) is 0 Å². The quantitative estimate of drug-likeness (QED) is 0.649. The summed E-state index contributed by atoms with van der Waals surface area (Å²) in [5.41, 5.74) is 7.12. The minimum absolute atomic E-state index is 0.116. The lowest BCUT2D eigenvalue weighted by atomic mass is 9.88. The van der Waals surface area contributed by atoms with Crippen LogP contribution in [0.3, 0.4) is 0 Å². The Hall–Kier alpha value is -0.980. The Balaban J connectivity index is 2.08. The van der Waals surface area contributed by atoms with Crippen molar-refractivity contribution in [3.05, 3.63) is 38.3 Å². The SMILES string of the molecule is CCC1CCN(Cc2ccc([N+](=O)[O-])cc2Br)C(CN)C1. The van der Waals surface area contributed by atoms with Gasteiger partial charge in [0.15, 0.2) is 0 Å². The molecule has 0 saturated carbocycles. The van der Waals surface area contributed by atoms with Crippen LogP contribution >= 0.6 is 15.9 Å². The number of nitrogens with two attached hydrogens (primary N) is 1. The van der Waals surface area contributed by atoms with Crippen molar-refractivity contribution in [2.24, 2.45) is 11.7 Å². The summed E-state index contributed by atoms with van der Waals surface area (Å²) in [5, 5.41) is 10.8. The summed E-state index contributed by atoms with van der Waals surface area (Å²) >= 11 is 3.45. The lowest BCUT2D eigenvalue weighted by Gasteiger charge is -2.39. The van der Waals surface area contributed by atoms with Gasteiger partial charge in [0.25, 0.3) is 5.69 Å². The molecule has 1 aromatic rings. The van der Waals surface area contributed by atoms with Crippen molar-refractivity contribution >= 4 is 21.6 Å². The van der Waals surface area contributed by atoms with E-state index in [1.165, 1.54) is 12.8 Å². The van der Waals surface area contributed by atoms with Crippen LogP contribution in [0.5, 0.6) is 0 Å². The molecule has 6 heteroatoms. The summed E-state index contributed by atoms with van der Waals surface area (Å²) in [7, 11) is 0. The normalized spacial score (nSPS) is 23.2. The number of nitrogens with zero attached hydrogens (tertiary/aromatic N) is 2. The zero-order chi connectivity index (χ0) is 15.4. The van der Waals surface area contributed by atoms with Crippen molar-refractivity contribution in [2.45, 2.75) is 38.8 Å². The lowest BCUT2D eigenvalue weighted by molar-refractivity contribution is -0.384. The van der Waals surface area contributed by atoms with E-state index in [4.69, 9.17) is 5.73 Å². The molecule has 1 fully saturated rings. The van der Waals surface area contributed by atoms with Gasteiger partial charge in [-0.15, -0.1) is 0 Å². The number of hydrogen-bond donors (Lipinski definition) is 1. The average molecular weight is 356 g/mol. The van der Waals surface area contributed by atoms with E-state index in [1.54, 1.807) is 12.1 Å². The fraction of sp³-hybridized carbons (Fsp3) is 0.600. The second kappa shape index (κ2) is 7.33. The Morgan fingerprint density at radius 3 is 2.86 bits per heavy atom. The van der Waals surface area contributed by atoms with Crippen molar-refractivity contribution < 1.29 is 4.92 Å². The Kier molecular flexibility index (Phi) is 5.72. The Morgan fingerprint density at radius 2 is 2.29 bits per heavy atom. The van der Waals surface area contributed by atoms with Crippen LogP contribution in [-0.4, -0.2) is 29.0 Å². The standard InChI is InChI=1S/C15H22BrN3O2/c1-2-11-5-6-18(14(7-11)9-17)10-12-3-4-13(19(20)21)8-15(12)16/h3-4,8,11,14H,2,5-7,9-10,17H2,1H3. The molecule has 0 radical (unpaired) electrons. The topological polar surface area (TPSA) is 72.4 Å². The number of nitro groups is 1. The summed E-state index contributed by atoms with van der Waals surface area (Å²) in [5.74, 6) is 0.773. The first kappa shape index (κ1) is 16.4. The molecule has 1 aliphatic rings. The van der Waals surface area contributed by atoms with E-state index in [1.807, 2.05) is 6.07 Å². The fourth-order valence-electron chi connectivity index (χ4n) is 3.00. The molecule has 1 heterocycles. The second-order valence-electron chi connectivity index (χ2n) is 5.69. The molecule has 2 rings (SSSR count). The monoisotopic (exact) mass is 355 g/mol. The summed E-state index contributed by atoms with van der Waals surface area (Å²) in [4.78, 5) is 12.8. The predicted octanol–water partition coefficient (Wildman–Crippen LogP) is 3.31. The summed E-state index contributed by atoms with van der Waals surface area (Å²) in [6.07, 6.45) is 3.57. The third kappa shape index (κ3) is 4.02. The van der Waals surface area contributed by atoms with Gasteiger partial charge in [-0.1, -0.05) is 29.3 Å². The van der Waals surface area contributed by atoms with E-state index < -0.39 is 0 Å². The lowest BCUT2D eigenvalue weighted by Crippen LogP contribution is -2.46. The van der Waals surface area contributed by atoms with E-state index in [0.717, 1.165) is 35.5 Å². The number of non-ortho nitro benzene ring substituents is 1. The van der Waals surface area contributed by atoms with Gasteiger partial charge in [-0.3, -0.25) is 15.0 Å². The molecule has 2 unspecified atom stereocenters. The molecule has 0 aromatic heterocycles. The van der Waals surface area contributed by atoms with Crippen LogP contribution in [0.1, 0.15) is 31.7 Å². The zero-order valence-electron chi connectivity index (χ0n) is 12.3. The molecule has 0 bridgehead atoms. The van der Waals surface area contributed by atoms with Crippen molar-refractivity contribution in [3.63, 3.8) is 0 Å². The molecule has 1 saturated heterocycles. The van der Waals surface area contributed by atoms with E-state index >= 15 is 0 Å². The van der Waals surface area contributed by atoms with Gasteiger partial charge in [0, 0.05) is 35.7 Å². The van der Waals surface area contributed by atoms with Crippen LogP contribution in [0.15, 0.2) is 22.7 Å². The van der Waals surface area contributed by atoms with Gasteiger partial charge in [0.05, 0.1) is 4.92 Å². The molecule has 2 N–H and O–H groups in total. The molecule has 0 spiro atoms. The first-order valence-corrected chi connectivity index (χ1v) is 8.21. The van der Waals surface area contributed by atoms with Gasteiger partial charge in [-0.05, 0) is 36.9 Å². The molecular formula is C15H22BrN3O2. The Bertz CT molecular complexity index is 510. The van der Waals surface area contributed by atoms with Gasteiger partial charge in [-0.25, -0.2) is 0 Å². The first-order valence-electron chi connectivity index (χ1n) is 7.42. The van der Waals surface area contributed by atoms with Crippen LogP contribution in [-0.2, 0) is 6.54 Å². The van der Waals surface area contributed by atoms with E-state index in [0.29, 0.717) is 12.6 Å². The number of halogens is 1. The number of benzene rings is 1. The maximum Gasteiger partial charge on any atom is 0.270 e. The van der Waals surface area contributed by atoms with Crippen molar-refractivity contribution in [2.75, 3.05) is 13.1 Å². The number of nitro benzene ring substituents is 1. The maximum absolute atomic E-state index is 10.8. The van der Waals surface area contributed by atoms with E-state index in [9.17, 15) is 10.1 Å². The average Bonchev–Trinajstić information content (AvgIpc) is 2.49. The van der Waals surface area contributed by atoms with Crippen LogP contribution in [0.2, 0.25) is 0 Å². The molecule has 1 aromatic carbocycles. The van der Waals surface area contributed by atoms with Gasteiger partial charge < -0.3 is 5.73 Å². The fourth-order valence-corrected chi connectivity index (χ4v) is 3.50. The van der Waals surface area contributed by atoms with Crippen LogP contribution in [0, 0.1) is 16.0 Å². The van der Waals surface area contributed by atoms with Gasteiger partial charge in [0.1, 0.15) is 0 Å². The zero-order valence-corrected chi connectivity index (χ0v) is 13.9. The number of likely N-dealkylation sites (tertiary alicyclic amines) is 1. The van der Waals surface area contributed by atoms with Crippen molar-refractivity contribution in [1.82, 2.24) is 4.90 Å². The highest BCUT2D eigenvalue weighted by molar-refractivity contribution is 9.10. The summed E-state index contributed by atoms with van der Waals surface area (Å²) in [6, 6.07) is 5.38. The van der Waals surface area contributed by atoms with Crippen molar-refractivity contribution in [3.8, 4) is 0 Å². The van der Waals surface area contributed by atoms with E-state index in [-0.39, 0.29) is 10.6 Å². The minimum atomic E-state index is -0.371. The molecule has 21 heavy (non-hydrogen) atoms. The Labute approximate surface area is 133 Å². The molecule has 5 nitrogen and oxygen atoms in total. The van der Waals surface area contributed by atoms with E-state index in [2.05, 4.69) is 27.8 Å². The smallest absolute Gasteiger partial charge is 0.270 e. The highest BCUT2D eigenvalue weighted by atomic mass is 79.9. The molecule has 1 aliphatic heterocycles. The number of hydrogen-bond acceptors (Lipinski definition) is 4. The summed E-state index contributed by atoms with van der Waals surface area (Å²) in [6.45, 7) is 4.74. The van der Waals surface area contributed by atoms with Gasteiger partial charge in [0.2, 0.25) is 0 Å². The Morgan fingerprint density at radius 1 is 1.52 bits per heavy atom. The first-order chi connectivity index (χ1) is 10.0. The highest BCUT2D eigenvalue weighted by Crippen LogP contribution is 2.29. The predicted molar refractivity (Wildman–Crippen MR) is 87.1 cm³/mol. The second-order valence-corrected chi connectivity index (χ2v) is 6.55. The molecule has 116 valence electrons. The van der Waals surface area contributed by atoms with Crippen LogP contribution in [0.25, 0.3) is 0 Å². The summed E-state index contributed by atoms with van der Waals surface area (Å²) < 4.78 is 0.796. The highest BCUT2D eigenvalue weighted by Gasteiger charge is 2.27. The largest absolute Gasteiger partial charge is 0.329 e. The van der Waals surface area contributed by atoms with Crippen LogP contribution in [0.4, 0.5) is 5.69 Å². The number of rotatable bonds is 5. The molecule has 0 amide bonds. The minimum Gasteiger partial charge on any atom is -0.329 e. The molecular weight excluding hydrogens is 334 g/mol. The number of piperidine rings is 1. The van der Waals surface area contributed by atoms with Crippen molar-refractivity contribution in [1.29, 1.82) is 0 Å². The third-order valence-corrected chi connectivity index (χ3v) is 5.15. The van der Waals surface area contributed by atoms with Crippen LogP contribution < -0.4 is 5.73 Å². The molecule has 2 atom stereocenters. The molecule has 0 aliphatic carbocycles. The third-order valence-electron chi connectivity index (χ3n) is 4.42. The van der Waals surface area contributed by atoms with Gasteiger partial charge >= 0.3 is 0 Å². The maximum atomic E-state index is 10.8.